The van der Waals surface area contributed by atoms with Crippen molar-refractivity contribution in [1.82, 2.24) is 4.98 Å². The van der Waals surface area contributed by atoms with Crippen molar-refractivity contribution in [2.75, 3.05) is 35.6 Å². The quantitative estimate of drug-likeness (QED) is 0.172. The molecular formula is C20H34N8O3. The molecule has 1 aromatic carbocycles. The van der Waals surface area contributed by atoms with Gasteiger partial charge in [0.2, 0.25) is 5.91 Å². The summed E-state index contributed by atoms with van der Waals surface area (Å²) in [5, 5.41) is 2.59. The number of amides is 1. The Bertz CT molecular complexity index is 789. The molecule has 0 bridgehead atoms. The maximum Gasteiger partial charge on any atom is 0.298 e. The lowest BCUT2D eigenvalue weighted by Gasteiger charge is -2.12. The van der Waals surface area contributed by atoms with Crippen molar-refractivity contribution in [1.29, 1.82) is 0 Å². The number of carbonyl (C=O) groups is 2. The van der Waals surface area contributed by atoms with Crippen LogP contribution in [0.15, 0.2) is 36.4 Å². The standard InChI is InChI=1S/C11H20N6O.C7H7NO2.C2H7N/c12-6-2-1-3-8(14)11(18)17-9-5-4-7(13)10(15)16-9;8-6-3-1-2-4-7(6)10-5-9;1-2-3/h4-5,8H,1-3,6,12-14H2,(H3,15,16,17,18);1-5H,8H2;2-3H2,1H3. The molecule has 13 N–H and O–H groups in total. The van der Waals surface area contributed by atoms with E-state index in [9.17, 15) is 9.59 Å². The molecule has 11 nitrogen and oxygen atoms in total. The number of para-hydroxylation sites is 2. The maximum absolute atomic E-state index is 11.7. The third kappa shape index (κ3) is 12.0. The van der Waals surface area contributed by atoms with Gasteiger partial charge in [0.05, 0.1) is 17.4 Å². The lowest BCUT2D eigenvalue weighted by Crippen LogP contribution is -2.35. The van der Waals surface area contributed by atoms with Crippen LogP contribution in [0.25, 0.3) is 0 Å². The summed E-state index contributed by atoms with van der Waals surface area (Å²) < 4.78 is 4.53. The van der Waals surface area contributed by atoms with Crippen LogP contribution in [-0.4, -0.2) is 36.5 Å². The molecule has 1 aromatic heterocycles. The first-order chi connectivity index (χ1) is 14.8. The monoisotopic (exact) mass is 434 g/mol. The molecule has 0 aliphatic carbocycles. The number of nitrogens with two attached hydrogens (primary N) is 6. The highest BCUT2D eigenvalue weighted by Crippen LogP contribution is 2.18. The van der Waals surface area contributed by atoms with Gasteiger partial charge in [-0.3, -0.25) is 9.59 Å². The topological polar surface area (TPSA) is 224 Å². The molecular weight excluding hydrogens is 400 g/mol. The lowest BCUT2D eigenvalue weighted by molar-refractivity contribution is -0.120. The summed E-state index contributed by atoms with van der Waals surface area (Å²) in [5.41, 5.74) is 33.3. The number of aromatic nitrogens is 1. The average Bonchev–Trinajstić information content (AvgIpc) is 2.74. The number of nitrogen functional groups attached to an aromatic ring is 3. The van der Waals surface area contributed by atoms with Crippen LogP contribution in [0.5, 0.6) is 5.75 Å². The summed E-state index contributed by atoms with van der Waals surface area (Å²) in [6.45, 7) is 3.61. The van der Waals surface area contributed by atoms with Gasteiger partial charge < -0.3 is 44.5 Å². The van der Waals surface area contributed by atoms with Gasteiger partial charge in [0.15, 0.2) is 5.75 Å². The molecule has 1 amide bonds. The van der Waals surface area contributed by atoms with E-state index in [1.165, 1.54) is 0 Å². The van der Waals surface area contributed by atoms with Crippen LogP contribution in [0.1, 0.15) is 26.2 Å². The van der Waals surface area contributed by atoms with E-state index in [-0.39, 0.29) is 11.7 Å². The van der Waals surface area contributed by atoms with Crippen LogP contribution >= 0.6 is 0 Å². The second-order valence-electron chi connectivity index (χ2n) is 6.21. The number of nitrogens with one attached hydrogen (secondary N) is 1. The molecule has 0 aliphatic rings. The Balaban J connectivity index is 0.000000580. The highest BCUT2D eigenvalue weighted by molar-refractivity contribution is 5.94. The number of benzene rings is 1. The second kappa shape index (κ2) is 16.4. The van der Waals surface area contributed by atoms with Crippen molar-refractivity contribution < 1.29 is 14.3 Å². The van der Waals surface area contributed by atoms with E-state index in [1.807, 2.05) is 6.92 Å². The molecule has 1 unspecified atom stereocenters. The van der Waals surface area contributed by atoms with Crippen molar-refractivity contribution in [2.24, 2.45) is 17.2 Å². The molecule has 0 saturated heterocycles. The number of carbonyl (C=O) groups excluding carboxylic acids is 2. The number of pyridine rings is 1. The van der Waals surface area contributed by atoms with E-state index < -0.39 is 6.04 Å². The number of unbranched alkanes of at least 4 members (excludes halogenated alkanes) is 1. The Morgan fingerprint density at radius 3 is 2.29 bits per heavy atom. The molecule has 11 heteroatoms. The summed E-state index contributed by atoms with van der Waals surface area (Å²) in [4.78, 5) is 25.5. The number of anilines is 4. The fourth-order valence-electron chi connectivity index (χ4n) is 2.05. The minimum atomic E-state index is -0.572. The van der Waals surface area contributed by atoms with E-state index in [0.29, 0.717) is 42.4 Å². The first-order valence-corrected chi connectivity index (χ1v) is 9.73. The van der Waals surface area contributed by atoms with Crippen molar-refractivity contribution in [3.63, 3.8) is 0 Å². The Hall–Kier alpha value is -3.41. The molecule has 0 spiro atoms. The molecule has 1 atom stereocenters. The number of hydrogen-bond donors (Lipinski definition) is 7. The first kappa shape index (κ1) is 27.6. The SMILES string of the molecule is CCN.NCCCCC(N)C(=O)Nc1ccc(N)c(N)n1.Nc1ccccc1OC=O. The Kier molecular flexibility index (Phi) is 14.6. The predicted octanol–water partition coefficient (Wildman–Crippen LogP) is 0.410. The zero-order valence-electron chi connectivity index (χ0n) is 17.8. The molecule has 2 rings (SSSR count). The van der Waals surface area contributed by atoms with Crippen LogP contribution in [0.3, 0.4) is 0 Å². The molecule has 0 saturated carbocycles. The average molecular weight is 435 g/mol. The second-order valence-corrected chi connectivity index (χ2v) is 6.21. The molecule has 1 heterocycles. The highest BCUT2D eigenvalue weighted by atomic mass is 16.5. The fraction of sp³-hybridized carbons (Fsp3) is 0.350. The molecule has 31 heavy (non-hydrogen) atoms. The highest BCUT2D eigenvalue weighted by Gasteiger charge is 2.13. The maximum atomic E-state index is 11.7. The summed E-state index contributed by atoms with van der Waals surface area (Å²) in [6.07, 6.45) is 2.27. The van der Waals surface area contributed by atoms with Gasteiger partial charge >= 0.3 is 0 Å². The van der Waals surface area contributed by atoms with E-state index in [0.717, 1.165) is 19.4 Å². The lowest BCUT2D eigenvalue weighted by atomic mass is 10.1. The zero-order valence-corrected chi connectivity index (χ0v) is 17.8. The van der Waals surface area contributed by atoms with Crippen LogP contribution in [0.4, 0.5) is 23.0 Å². The predicted molar refractivity (Wildman–Crippen MR) is 125 cm³/mol. The smallest absolute Gasteiger partial charge is 0.298 e. The van der Waals surface area contributed by atoms with Gasteiger partial charge in [0.1, 0.15) is 11.6 Å². The van der Waals surface area contributed by atoms with E-state index in [1.54, 1.807) is 36.4 Å². The third-order valence-corrected chi connectivity index (χ3v) is 3.61. The molecule has 0 radical (unpaired) electrons. The molecule has 2 aromatic rings. The number of ether oxygens (including phenoxy) is 1. The number of hydrogen-bond acceptors (Lipinski definition) is 10. The Morgan fingerprint density at radius 2 is 1.74 bits per heavy atom. The molecule has 0 fully saturated rings. The Morgan fingerprint density at radius 1 is 1.10 bits per heavy atom. The van der Waals surface area contributed by atoms with Crippen molar-refractivity contribution in [3.05, 3.63) is 36.4 Å². The van der Waals surface area contributed by atoms with Crippen LogP contribution in [0.2, 0.25) is 0 Å². The van der Waals surface area contributed by atoms with Gasteiger partial charge in [-0.15, -0.1) is 0 Å². The minimum absolute atomic E-state index is 0.185. The van der Waals surface area contributed by atoms with E-state index in [4.69, 9.17) is 34.4 Å². The van der Waals surface area contributed by atoms with Gasteiger partial charge in [-0.1, -0.05) is 25.5 Å². The van der Waals surface area contributed by atoms with Gasteiger partial charge in [-0.2, -0.15) is 0 Å². The van der Waals surface area contributed by atoms with E-state index >= 15 is 0 Å². The van der Waals surface area contributed by atoms with E-state index in [2.05, 4.69) is 15.0 Å². The van der Waals surface area contributed by atoms with Gasteiger partial charge in [-0.05, 0) is 50.2 Å². The van der Waals surface area contributed by atoms with Crippen molar-refractivity contribution in [2.45, 2.75) is 32.2 Å². The van der Waals surface area contributed by atoms with Gasteiger partial charge in [0.25, 0.3) is 6.47 Å². The summed E-state index contributed by atoms with van der Waals surface area (Å²) in [5.74, 6) is 0.645. The van der Waals surface area contributed by atoms with Crippen LogP contribution < -0.4 is 44.5 Å². The van der Waals surface area contributed by atoms with Crippen LogP contribution in [0, 0.1) is 0 Å². The summed E-state index contributed by atoms with van der Waals surface area (Å²) >= 11 is 0. The number of rotatable bonds is 8. The Labute approximate surface area is 182 Å². The fourth-order valence-corrected chi connectivity index (χ4v) is 2.05. The van der Waals surface area contributed by atoms with Crippen molar-refractivity contribution >= 4 is 35.4 Å². The third-order valence-electron chi connectivity index (χ3n) is 3.61. The van der Waals surface area contributed by atoms with Gasteiger partial charge in [-0.25, -0.2) is 4.98 Å². The molecule has 172 valence electrons. The van der Waals surface area contributed by atoms with Crippen molar-refractivity contribution in [3.8, 4) is 5.75 Å². The summed E-state index contributed by atoms with van der Waals surface area (Å²) in [6, 6.07) is 9.40. The van der Waals surface area contributed by atoms with Crippen LogP contribution in [-0.2, 0) is 9.59 Å². The summed E-state index contributed by atoms with van der Waals surface area (Å²) in [7, 11) is 0. The molecule has 0 aliphatic heterocycles. The first-order valence-electron chi connectivity index (χ1n) is 9.73. The number of nitrogens with zero attached hydrogens (tertiary/aromatic N) is 1. The zero-order chi connectivity index (χ0) is 23.6. The largest absolute Gasteiger partial charge is 0.427 e. The minimum Gasteiger partial charge on any atom is -0.427 e. The normalized spacial score (nSPS) is 10.5. The van der Waals surface area contributed by atoms with Gasteiger partial charge in [0, 0.05) is 0 Å².